The zero-order valence-electron chi connectivity index (χ0n) is 13.4. The number of nitrogens with one attached hydrogen (secondary N) is 1. The molecule has 0 unspecified atom stereocenters. The number of hydrogen-bond donors (Lipinski definition) is 1. The molecule has 3 heterocycles. The molecule has 0 radical (unpaired) electrons. The van der Waals surface area contributed by atoms with Crippen molar-refractivity contribution in [3.05, 3.63) is 48.8 Å². The Kier molecular flexibility index (Phi) is 4.00. The molecule has 24 heavy (non-hydrogen) atoms. The minimum absolute atomic E-state index is 0.0979. The molecule has 1 fully saturated rings. The molecule has 1 amide bonds. The monoisotopic (exact) mass is 324 g/mol. The fourth-order valence-electron chi connectivity index (χ4n) is 3.10. The van der Waals surface area contributed by atoms with E-state index in [0.717, 1.165) is 55.9 Å². The summed E-state index contributed by atoms with van der Waals surface area (Å²) in [6.45, 7) is 5.27. The first kappa shape index (κ1) is 14.9. The third kappa shape index (κ3) is 3.03. The van der Waals surface area contributed by atoms with Crippen LogP contribution < -0.4 is 0 Å². The molecule has 4 rings (SSSR count). The number of benzene rings is 1. The van der Waals surface area contributed by atoms with Crippen LogP contribution in [-0.2, 0) is 6.54 Å². The van der Waals surface area contributed by atoms with Crippen LogP contribution in [0.25, 0.3) is 11.0 Å². The van der Waals surface area contributed by atoms with Crippen molar-refractivity contribution in [1.29, 1.82) is 0 Å². The maximum atomic E-state index is 12.7. The largest absolute Gasteiger partial charge is 0.345 e. The first-order valence-electron chi connectivity index (χ1n) is 8.20. The SMILES string of the molecule is O=C(c1ccc2nc[nH]c2c1)N1CCN(CCn2ccnc2)CC1. The number of piperazine rings is 1. The number of carbonyl (C=O) groups is 1. The molecule has 1 N–H and O–H groups in total. The van der Waals surface area contributed by atoms with E-state index in [1.54, 1.807) is 12.5 Å². The lowest BCUT2D eigenvalue weighted by molar-refractivity contribution is 0.0633. The summed E-state index contributed by atoms with van der Waals surface area (Å²) < 4.78 is 2.08. The van der Waals surface area contributed by atoms with Gasteiger partial charge in [0.2, 0.25) is 0 Å². The molecular weight excluding hydrogens is 304 g/mol. The van der Waals surface area contributed by atoms with Gasteiger partial charge in [0.15, 0.2) is 0 Å². The minimum atomic E-state index is 0.0979. The molecular formula is C17H20N6O. The predicted molar refractivity (Wildman–Crippen MR) is 90.7 cm³/mol. The topological polar surface area (TPSA) is 70.1 Å². The second-order valence-electron chi connectivity index (χ2n) is 6.07. The van der Waals surface area contributed by atoms with E-state index < -0.39 is 0 Å². The average molecular weight is 324 g/mol. The molecule has 1 aliphatic rings. The summed E-state index contributed by atoms with van der Waals surface area (Å²) in [4.78, 5) is 28.3. The van der Waals surface area contributed by atoms with Crippen LogP contribution in [0, 0.1) is 0 Å². The number of amides is 1. The van der Waals surface area contributed by atoms with Gasteiger partial charge in [-0.1, -0.05) is 0 Å². The van der Waals surface area contributed by atoms with E-state index in [1.807, 2.05) is 35.6 Å². The smallest absolute Gasteiger partial charge is 0.254 e. The van der Waals surface area contributed by atoms with E-state index in [9.17, 15) is 4.79 Å². The molecule has 1 saturated heterocycles. The molecule has 1 aromatic carbocycles. The Labute approximate surface area is 139 Å². The maximum Gasteiger partial charge on any atom is 0.254 e. The highest BCUT2D eigenvalue weighted by Crippen LogP contribution is 2.14. The summed E-state index contributed by atoms with van der Waals surface area (Å²) in [5.41, 5.74) is 2.51. The van der Waals surface area contributed by atoms with Gasteiger partial charge in [-0.05, 0) is 18.2 Å². The first-order valence-corrected chi connectivity index (χ1v) is 8.20. The van der Waals surface area contributed by atoms with Gasteiger partial charge in [-0.2, -0.15) is 0 Å². The zero-order valence-corrected chi connectivity index (χ0v) is 13.4. The molecule has 2 aromatic heterocycles. The second kappa shape index (κ2) is 6.45. The first-order chi connectivity index (χ1) is 11.8. The Bertz CT molecular complexity index is 817. The van der Waals surface area contributed by atoms with E-state index in [0.29, 0.717) is 0 Å². The fraction of sp³-hybridized carbons (Fsp3) is 0.353. The second-order valence-corrected chi connectivity index (χ2v) is 6.07. The Morgan fingerprint density at radius 2 is 2.04 bits per heavy atom. The van der Waals surface area contributed by atoms with Gasteiger partial charge in [0.05, 0.1) is 23.7 Å². The Hall–Kier alpha value is -2.67. The van der Waals surface area contributed by atoms with Crippen molar-refractivity contribution in [3.8, 4) is 0 Å². The summed E-state index contributed by atoms with van der Waals surface area (Å²) in [5.74, 6) is 0.0979. The zero-order chi connectivity index (χ0) is 16.4. The third-order valence-electron chi connectivity index (χ3n) is 4.56. The summed E-state index contributed by atoms with van der Waals surface area (Å²) >= 11 is 0. The lowest BCUT2D eigenvalue weighted by Crippen LogP contribution is -2.49. The van der Waals surface area contributed by atoms with Crippen LogP contribution in [0.3, 0.4) is 0 Å². The lowest BCUT2D eigenvalue weighted by Gasteiger charge is -2.34. The van der Waals surface area contributed by atoms with Gasteiger partial charge in [-0.25, -0.2) is 9.97 Å². The van der Waals surface area contributed by atoms with Gasteiger partial charge >= 0.3 is 0 Å². The van der Waals surface area contributed by atoms with E-state index in [2.05, 4.69) is 24.4 Å². The van der Waals surface area contributed by atoms with Crippen LogP contribution in [0.4, 0.5) is 0 Å². The van der Waals surface area contributed by atoms with Crippen LogP contribution in [0.1, 0.15) is 10.4 Å². The van der Waals surface area contributed by atoms with E-state index in [1.165, 1.54) is 0 Å². The van der Waals surface area contributed by atoms with Crippen molar-refractivity contribution >= 4 is 16.9 Å². The average Bonchev–Trinajstić information content (AvgIpc) is 3.30. The molecule has 7 nitrogen and oxygen atoms in total. The number of aromatic nitrogens is 4. The number of imidazole rings is 2. The summed E-state index contributed by atoms with van der Waals surface area (Å²) in [5, 5.41) is 0. The molecule has 7 heteroatoms. The fourth-order valence-corrected chi connectivity index (χ4v) is 3.10. The third-order valence-corrected chi connectivity index (χ3v) is 4.56. The van der Waals surface area contributed by atoms with Crippen molar-refractivity contribution in [2.45, 2.75) is 6.54 Å². The molecule has 0 bridgehead atoms. The van der Waals surface area contributed by atoms with Gasteiger partial charge in [0, 0.05) is 57.2 Å². The van der Waals surface area contributed by atoms with Gasteiger partial charge in [-0.15, -0.1) is 0 Å². The number of hydrogen-bond acceptors (Lipinski definition) is 4. The molecule has 124 valence electrons. The molecule has 3 aromatic rings. The molecule has 0 aliphatic carbocycles. The highest BCUT2D eigenvalue weighted by Gasteiger charge is 2.22. The van der Waals surface area contributed by atoms with Crippen LogP contribution in [0.2, 0.25) is 0 Å². The van der Waals surface area contributed by atoms with Gasteiger partial charge in [0.1, 0.15) is 0 Å². The number of fused-ring (bicyclic) bond motifs is 1. The number of aromatic amines is 1. The number of carbonyl (C=O) groups excluding carboxylic acids is 1. The van der Waals surface area contributed by atoms with Crippen molar-refractivity contribution in [2.24, 2.45) is 0 Å². The summed E-state index contributed by atoms with van der Waals surface area (Å²) in [6, 6.07) is 5.63. The van der Waals surface area contributed by atoms with Gasteiger partial charge in [-0.3, -0.25) is 9.69 Å². The lowest BCUT2D eigenvalue weighted by atomic mass is 10.1. The molecule has 0 atom stereocenters. The highest BCUT2D eigenvalue weighted by atomic mass is 16.2. The number of rotatable bonds is 4. The van der Waals surface area contributed by atoms with Crippen LogP contribution >= 0.6 is 0 Å². The van der Waals surface area contributed by atoms with Gasteiger partial charge < -0.3 is 14.5 Å². The highest BCUT2D eigenvalue weighted by molar-refractivity contribution is 5.97. The molecule has 1 aliphatic heterocycles. The Balaban J connectivity index is 1.33. The normalized spacial score (nSPS) is 15.9. The van der Waals surface area contributed by atoms with Gasteiger partial charge in [0.25, 0.3) is 5.91 Å². The van der Waals surface area contributed by atoms with E-state index in [4.69, 9.17) is 0 Å². The molecule has 0 spiro atoms. The van der Waals surface area contributed by atoms with E-state index in [-0.39, 0.29) is 5.91 Å². The van der Waals surface area contributed by atoms with Crippen LogP contribution in [0.5, 0.6) is 0 Å². The van der Waals surface area contributed by atoms with Crippen molar-refractivity contribution in [1.82, 2.24) is 29.3 Å². The maximum absolute atomic E-state index is 12.7. The predicted octanol–water partition coefficient (Wildman–Crippen LogP) is 1.22. The number of nitrogens with zero attached hydrogens (tertiary/aromatic N) is 5. The minimum Gasteiger partial charge on any atom is -0.345 e. The Morgan fingerprint density at radius 3 is 2.83 bits per heavy atom. The van der Waals surface area contributed by atoms with Crippen molar-refractivity contribution in [3.63, 3.8) is 0 Å². The number of H-pyrrole nitrogens is 1. The molecule has 0 saturated carbocycles. The van der Waals surface area contributed by atoms with E-state index >= 15 is 0 Å². The Morgan fingerprint density at radius 1 is 1.17 bits per heavy atom. The van der Waals surface area contributed by atoms with Crippen molar-refractivity contribution in [2.75, 3.05) is 32.7 Å². The standard InChI is InChI=1S/C17H20N6O/c24-17(14-1-2-15-16(11-14)20-12-19-15)23-9-7-21(8-10-23)5-6-22-4-3-18-13-22/h1-4,11-13H,5-10H2,(H,19,20). The summed E-state index contributed by atoms with van der Waals surface area (Å²) in [7, 11) is 0. The quantitative estimate of drug-likeness (QED) is 0.783. The summed E-state index contributed by atoms with van der Waals surface area (Å²) in [6.07, 6.45) is 7.27. The van der Waals surface area contributed by atoms with Crippen LogP contribution in [-0.4, -0.2) is 67.9 Å². The van der Waals surface area contributed by atoms with Crippen LogP contribution in [0.15, 0.2) is 43.2 Å². The van der Waals surface area contributed by atoms with Crippen molar-refractivity contribution < 1.29 is 4.79 Å².